The second-order valence-electron chi connectivity index (χ2n) is 9.84. The van der Waals surface area contributed by atoms with Crippen molar-refractivity contribution >= 4 is 28.4 Å². The second kappa shape index (κ2) is 9.01. The Morgan fingerprint density at radius 3 is 2.43 bits per heavy atom. The van der Waals surface area contributed by atoms with Crippen LogP contribution < -0.4 is 5.73 Å². The van der Waals surface area contributed by atoms with Gasteiger partial charge >= 0.3 is 11.9 Å². The van der Waals surface area contributed by atoms with Gasteiger partial charge < -0.3 is 18.8 Å². The third-order valence-corrected chi connectivity index (χ3v) is 10.1. The summed E-state index contributed by atoms with van der Waals surface area (Å²) < 4.78 is 44.4. The largest absolute Gasteiger partial charge is 0.381 e. The van der Waals surface area contributed by atoms with E-state index < -0.39 is 39.9 Å². The van der Waals surface area contributed by atoms with Gasteiger partial charge in [0.1, 0.15) is 5.57 Å². The van der Waals surface area contributed by atoms with Crippen LogP contribution >= 0.6 is 10.6 Å². The monoisotopic (exact) mass is 512 g/mol. The maximum absolute atomic E-state index is 13.9. The fraction of sp³-hybridized carbons (Fsp3) is 0.625. The summed E-state index contributed by atoms with van der Waals surface area (Å²) in [5.41, 5.74) is 5.60. The number of allylic oxidation sites excluding steroid dienone is 2. The van der Waals surface area contributed by atoms with E-state index in [1.165, 1.54) is 0 Å². The lowest BCUT2D eigenvalue weighted by molar-refractivity contribution is -0.131. The van der Waals surface area contributed by atoms with Crippen LogP contribution in [0.15, 0.2) is 33.6 Å². The van der Waals surface area contributed by atoms with Crippen molar-refractivity contribution in [1.82, 2.24) is 4.90 Å². The Kier molecular flexibility index (Phi) is 6.29. The minimum Gasteiger partial charge on any atom is -0.381 e. The molecule has 5 rings (SSSR count). The first-order valence-electron chi connectivity index (χ1n) is 12.0. The number of ether oxygens (including phenoxy) is 1. The molecule has 3 heterocycles. The number of carbonyl (C=O) groups is 3. The Morgan fingerprint density at radius 1 is 1.11 bits per heavy atom. The lowest BCUT2D eigenvalue weighted by atomic mass is 9.89. The maximum atomic E-state index is 13.9. The molecule has 2 aliphatic carbocycles. The van der Waals surface area contributed by atoms with Crippen molar-refractivity contribution in [2.45, 2.75) is 75.9 Å². The Labute approximate surface area is 204 Å². The highest BCUT2D eigenvalue weighted by Gasteiger charge is 2.52. The van der Waals surface area contributed by atoms with Crippen LogP contribution in [0, 0.1) is 5.92 Å². The van der Waals surface area contributed by atoms with E-state index in [0.29, 0.717) is 31.0 Å². The van der Waals surface area contributed by atoms with E-state index in [-0.39, 0.29) is 36.9 Å². The van der Waals surface area contributed by atoms with Crippen LogP contribution in [-0.2, 0) is 27.5 Å². The van der Waals surface area contributed by atoms with Gasteiger partial charge in [-0.25, -0.2) is 18.4 Å². The molecule has 3 fully saturated rings. The van der Waals surface area contributed by atoms with E-state index in [1.807, 2.05) is 6.08 Å². The van der Waals surface area contributed by atoms with Crippen molar-refractivity contribution in [2.24, 2.45) is 11.7 Å². The number of hydrogen-bond acceptors (Lipinski definition) is 7. The molecule has 192 valence electrons. The average molecular weight is 513 g/mol. The second-order valence-corrected chi connectivity index (χ2v) is 12.2. The number of primary amides is 1. The van der Waals surface area contributed by atoms with E-state index in [0.717, 1.165) is 30.9 Å². The number of carbonyl (C=O) groups excluding carboxylic acids is 3. The number of nitrogens with two attached hydrogens (primary N) is 1. The van der Waals surface area contributed by atoms with E-state index in [2.05, 4.69) is 4.90 Å². The van der Waals surface area contributed by atoms with Crippen molar-refractivity contribution in [3.8, 4) is 0 Å². The highest BCUT2D eigenvalue weighted by Crippen LogP contribution is 2.67. The molecular weight excluding hydrogens is 482 g/mol. The Hall–Kier alpha value is -2.24. The van der Waals surface area contributed by atoms with E-state index in [1.54, 1.807) is 12.3 Å². The summed E-state index contributed by atoms with van der Waals surface area (Å²) in [7, 11) is -2.81. The zero-order chi connectivity index (χ0) is 25.0. The van der Waals surface area contributed by atoms with Crippen LogP contribution in [0.1, 0.15) is 51.9 Å². The number of halogens is 2. The molecule has 0 bridgehead atoms. The maximum Gasteiger partial charge on any atom is 0.367 e. The molecule has 5 aliphatic rings. The molecule has 0 aromatic rings. The number of amides is 1. The summed E-state index contributed by atoms with van der Waals surface area (Å²) in [5, 5.41) is 1.60. The standard InChI is InChI=1S/C24H30F2N2O6S/c1-14-17(6-11-35(14)33-21(29)13-19(22(27)30)23(31)34-35)18-12-20(18)28(16-4-9-32-10-5-16)15-2-7-24(25,26)8-3-15/h6,11,13,15-16,18,20H,2-5,7-10,12H2,1H3,(H2,27,30). The van der Waals surface area contributed by atoms with Crippen molar-refractivity contribution in [3.05, 3.63) is 33.6 Å². The van der Waals surface area contributed by atoms with Crippen LogP contribution in [0.5, 0.6) is 0 Å². The molecular formula is C24H30F2N2O6S. The van der Waals surface area contributed by atoms with Crippen molar-refractivity contribution in [2.75, 3.05) is 13.2 Å². The fourth-order valence-corrected chi connectivity index (χ4v) is 7.85. The summed E-state index contributed by atoms with van der Waals surface area (Å²) in [5.74, 6) is -5.37. The highest BCUT2D eigenvalue weighted by molar-refractivity contribution is 8.32. The Bertz CT molecular complexity index is 1030. The molecule has 1 amide bonds. The first-order valence-corrected chi connectivity index (χ1v) is 13.6. The predicted octanol–water partition coefficient (Wildman–Crippen LogP) is 3.38. The normalized spacial score (nSPS) is 35.4. The molecule has 3 unspecified atom stereocenters. The molecule has 11 heteroatoms. The molecule has 2 saturated carbocycles. The molecule has 8 nitrogen and oxygen atoms in total. The van der Waals surface area contributed by atoms with Crippen LogP contribution in [-0.4, -0.2) is 60.0 Å². The number of nitrogens with zero attached hydrogens (tertiary/aromatic N) is 1. The van der Waals surface area contributed by atoms with Crippen LogP contribution in [0.4, 0.5) is 8.78 Å². The summed E-state index contributed by atoms with van der Waals surface area (Å²) in [6.45, 7) is 3.10. The van der Waals surface area contributed by atoms with E-state index in [9.17, 15) is 23.2 Å². The lowest BCUT2D eigenvalue weighted by Gasteiger charge is -2.43. The molecule has 0 aromatic carbocycles. The van der Waals surface area contributed by atoms with Gasteiger partial charge in [-0.15, -0.1) is 0 Å². The van der Waals surface area contributed by atoms with Gasteiger partial charge in [0.2, 0.25) is 5.92 Å². The van der Waals surface area contributed by atoms with Gasteiger partial charge in [-0.3, -0.25) is 9.69 Å². The molecule has 1 saturated heterocycles. The lowest BCUT2D eigenvalue weighted by Crippen LogP contribution is -2.50. The van der Waals surface area contributed by atoms with Gasteiger partial charge in [0.15, 0.2) is 0 Å². The van der Waals surface area contributed by atoms with Gasteiger partial charge in [0, 0.05) is 61.6 Å². The first-order chi connectivity index (χ1) is 16.6. The van der Waals surface area contributed by atoms with Crippen LogP contribution in [0.25, 0.3) is 0 Å². The molecule has 1 spiro atoms. The smallest absolute Gasteiger partial charge is 0.367 e. The third-order valence-electron chi connectivity index (χ3n) is 7.67. The summed E-state index contributed by atoms with van der Waals surface area (Å²) in [6, 6.07) is 0.547. The fourth-order valence-electron chi connectivity index (χ4n) is 5.77. The number of rotatable bonds is 5. The van der Waals surface area contributed by atoms with Gasteiger partial charge in [0.05, 0.1) is 4.91 Å². The highest BCUT2D eigenvalue weighted by atomic mass is 32.3. The minimum absolute atomic E-state index is 0.0925. The first kappa shape index (κ1) is 24.5. The molecule has 2 N–H and O–H groups in total. The van der Waals surface area contributed by atoms with E-state index >= 15 is 0 Å². The molecule has 35 heavy (non-hydrogen) atoms. The zero-order valence-corrected chi connectivity index (χ0v) is 20.4. The summed E-state index contributed by atoms with van der Waals surface area (Å²) >= 11 is 0. The molecule has 3 atom stereocenters. The summed E-state index contributed by atoms with van der Waals surface area (Å²) in [4.78, 5) is 39.5. The summed E-state index contributed by atoms with van der Waals surface area (Å²) in [6.07, 6.45) is 5.95. The minimum atomic E-state index is -2.81. The predicted molar refractivity (Wildman–Crippen MR) is 124 cm³/mol. The van der Waals surface area contributed by atoms with Crippen LogP contribution in [0.3, 0.4) is 0 Å². The van der Waals surface area contributed by atoms with Crippen molar-refractivity contribution in [3.63, 3.8) is 0 Å². The molecule has 3 aliphatic heterocycles. The Morgan fingerprint density at radius 2 is 1.77 bits per heavy atom. The van der Waals surface area contributed by atoms with Gasteiger partial charge in [-0.05, 0) is 50.7 Å². The molecule has 0 aromatic heterocycles. The van der Waals surface area contributed by atoms with Crippen LogP contribution in [0.2, 0.25) is 0 Å². The topological polar surface area (TPSA) is 108 Å². The quantitative estimate of drug-likeness (QED) is 0.563. The number of hydrogen-bond donors (Lipinski definition) is 1. The third kappa shape index (κ3) is 4.65. The average Bonchev–Trinajstić information content (AvgIpc) is 3.54. The molecule has 0 radical (unpaired) electrons. The van der Waals surface area contributed by atoms with Gasteiger partial charge in [-0.2, -0.15) is 0 Å². The van der Waals surface area contributed by atoms with Gasteiger partial charge in [0.25, 0.3) is 5.91 Å². The van der Waals surface area contributed by atoms with Crippen molar-refractivity contribution in [1.29, 1.82) is 0 Å². The SMILES string of the molecule is CC1=C(C2CC2N(C2CCOCC2)C2CCC(F)(F)CC2)C=CS12OC(=O)C=C(C(N)=O)C(=O)O2. The number of alkyl halides is 2. The van der Waals surface area contributed by atoms with Gasteiger partial charge in [-0.1, -0.05) is 10.6 Å². The Balaban J connectivity index is 1.37. The van der Waals surface area contributed by atoms with Crippen molar-refractivity contribution < 1.29 is 36.3 Å². The van der Waals surface area contributed by atoms with E-state index in [4.69, 9.17) is 18.8 Å². The zero-order valence-electron chi connectivity index (χ0n) is 19.5.